The Morgan fingerprint density at radius 3 is 2.58 bits per heavy atom. The number of benzene rings is 2. The van der Waals surface area contributed by atoms with Crippen LogP contribution < -0.4 is 5.73 Å². The van der Waals surface area contributed by atoms with Gasteiger partial charge in [-0.25, -0.2) is 0 Å². The topological polar surface area (TPSA) is 48.0 Å². The lowest BCUT2D eigenvalue weighted by molar-refractivity contribution is -0.137. The molecule has 26 heavy (non-hydrogen) atoms. The van der Waals surface area contributed by atoms with E-state index in [-0.39, 0.29) is 5.57 Å². The molecule has 6 heteroatoms. The molecule has 3 aromatic rings. The summed E-state index contributed by atoms with van der Waals surface area (Å²) >= 11 is 0. The summed E-state index contributed by atoms with van der Waals surface area (Å²) in [5.74, 6) is -0.592. The second kappa shape index (κ2) is 6.37. The number of hydrogen-bond acceptors (Lipinski definition) is 1. The first-order valence-electron chi connectivity index (χ1n) is 7.91. The molecule has 1 heterocycles. The van der Waals surface area contributed by atoms with Gasteiger partial charge in [0.15, 0.2) is 0 Å². The van der Waals surface area contributed by atoms with Gasteiger partial charge in [0, 0.05) is 29.2 Å². The van der Waals surface area contributed by atoms with E-state index < -0.39 is 17.6 Å². The first-order chi connectivity index (χ1) is 12.2. The van der Waals surface area contributed by atoms with Gasteiger partial charge in [0.2, 0.25) is 5.91 Å². The van der Waals surface area contributed by atoms with Crippen LogP contribution in [0, 0.1) is 6.92 Å². The highest BCUT2D eigenvalue weighted by atomic mass is 19.4. The van der Waals surface area contributed by atoms with E-state index in [2.05, 4.69) is 6.58 Å². The first-order valence-corrected chi connectivity index (χ1v) is 7.91. The predicted octanol–water partition coefficient (Wildman–Crippen LogP) is 4.52. The molecule has 0 aliphatic heterocycles. The Labute approximate surface area is 148 Å². The molecule has 0 unspecified atom stereocenters. The van der Waals surface area contributed by atoms with Crippen LogP contribution in [0.15, 0.2) is 55.2 Å². The predicted molar refractivity (Wildman–Crippen MR) is 95.4 cm³/mol. The Morgan fingerprint density at radius 2 is 1.92 bits per heavy atom. The van der Waals surface area contributed by atoms with E-state index >= 15 is 0 Å². The molecule has 2 aromatic carbocycles. The number of carbonyl (C=O) groups excluding carboxylic acids is 1. The number of alkyl halides is 3. The van der Waals surface area contributed by atoms with Crippen LogP contribution in [0.1, 0.15) is 22.3 Å². The molecule has 0 spiro atoms. The Morgan fingerprint density at radius 1 is 1.19 bits per heavy atom. The Kier molecular flexibility index (Phi) is 4.36. The van der Waals surface area contributed by atoms with E-state index in [1.54, 1.807) is 12.1 Å². The highest BCUT2D eigenvalue weighted by Crippen LogP contribution is 2.30. The third-order valence-corrected chi connectivity index (χ3v) is 4.33. The summed E-state index contributed by atoms with van der Waals surface area (Å²) in [6.45, 7) is 5.89. The van der Waals surface area contributed by atoms with Crippen molar-refractivity contribution < 1.29 is 18.0 Å². The third kappa shape index (κ3) is 3.35. The van der Waals surface area contributed by atoms with E-state index in [1.807, 2.05) is 29.8 Å². The van der Waals surface area contributed by atoms with E-state index in [4.69, 9.17) is 5.73 Å². The van der Waals surface area contributed by atoms with Gasteiger partial charge < -0.3 is 10.3 Å². The van der Waals surface area contributed by atoms with Gasteiger partial charge in [0.1, 0.15) is 0 Å². The molecule has 0 atom stereocenters. The summed E-state index contributed by atoms with van der Waals surface area (Å²) in [5.41, 5.74) is 7.83. The van der Waals surface area contributed by atoms with Gasteiger partial charge in [-0.05, 0) is 47.9 Å². The third-order valence-electron chi connectivity index (χ3n) is 4.33. The minimum atomic E-state index is -4.37. The number of nitrogens with two attached hydrogens (primary N) is 1. The maximum atomic E-state index is 12.9. The van der Waals surface area contributed by atoms with Gasteiger partial charge in [0.25, 0.3) is 0 Å². The molecule has 0 bridgehead atoms. The van der Waals surface area contributed by atoms with Gasteiger partial charge in [-0.3, -0.25) is 4.79 Å². The van der Waals surface area contributed by atoms with Gasteiger partial charge >= 0.3 is 6.18 Å². The molecule has 134 valence electrons. The minimum Gasteiger partial charge on any atom is -0.366 e. The fourth-order valence-corrected chi connectivity index (χ4v) is 2.98. The summed E-state index contributed by atoms with van der Waals surface area (Å²) in [7, 11) is 0. The molecule has 0 fully saturated rings. The number of aryl methyl sites for hydroxylation is 1. The van der Waals surface area contributed by atoms with Crippen molar-refractivity contribution >= 4 is 22.4 Å². The molecule has 0 radical (unpaired) electrons. The molecule has 3 rings (SSSR count). The molecular weight excluding hydrogens is 341 g/mol. The quantitative estimate of drug-likeness (QED) is 0.685. The number of fused-ring (bicyclic) bond motifs is 1. The molecule has 3 nitrogen and oxygen atoms in total. The van der Waals surface area contributed by atoms with Gasteiger partial charge in [-0.2, -0.15) is 13.2 Å². The maximum Gasteiger partial charge on any atom is 0.416 e. The van der Waals surface area contributed by atoms with Crippen molar-refractivity contribution in [2.75, 3.05) is 0 Å². The Balaban J connectivity index is 1.99. The molecular formula is C20H17F3N2O. The van der Waals surface area contributed by atoms with Crippen LogP contribution in [-0.2, 0) is 17.5 Å². The van der Waals surface area contributed by atoms with Crippen LogP contribution in [0.4, 0.5) is 13.2 Å². The largest absolute Gasteiger partial charge is 0.416 e. The van der Waals surface area contributed by atoms with Crippen molar-refractivity contribution in [3.05, 3.63) is 77.5 Å². The standard InChI is InChI=1S/C20H17F3N2O/c1-12-10-25(11-14-4-3-5-16(8-14)20(21,22)23)18-7-6-15(9-17(12)18)13(2)19(24)26/h3-10H,2,11H2,1H3,(H2,24,26). The molecule has 0 aliphatic carbocycles. The van der Waals surface area contributed by atoms with Gasteiger partial charge in [0.05, 0.1) is 5.56 Å². The minimum absolute atomic E-state index is 0.219. The van der Waals surface area contributed by atoms with E-state index in [1.165, 1.54) is 6.07 Å². The number of nitrogens with zero attached hydrogens (tertiary/aromatic N) is 1. The lowest BCUT2D eigenvalue weighted by atomic mass is 10.0. The molecule has 1 aromatic heterocycles. The summed E-state index contributed by atoms with van der Waals surface area (Å²) in [5, 5.41) is 0.900. The Bertz CT molecular complexity index is 1020. The van der Waals surface area contributed by atoms with Crippen LogP contribution in [0.25, 0.3) is 16.5 Å². The number of carbonyl (C=O) groups is 1. The fourth-order valence-electron chi connectivity index (χ4n) is 2.98. The number of rotatable bonds is 4. The van der Waals surface area contributed by atoms with Crippen LogP contribution in [0.3, 0.4) is 0 Å². The highest BCUT2D eigenvalue weighted by Gasteiger charge is 2.30. The summed E-state index contributed by atoms with van der Waals surface area (Å²) in [6, 6.07) is 10.7. The normalized spacial score (nSPS) is 11.7. The summed E-state index contributed by atoms with van der Waals surface area (Å²) in [6.07, 6.45) is -2.49. The second-order valence-electron chi connectivity index (χ2n) is 6.21. The number of primary amides is 1. The number of amides is 1. The average Bonchev–Trinajstić information content (AvgIpc) is 2.89. The van der Waals surface area contributed by atoms with E-state index in [0.717, 1.165) is 28.6 Å². The Hall–Kier alpha value is -3.02. The lowest BCUT2D eigenvalue weighted by Crippen LogP contribution is -2.11. The van der Waals surface area contributed by atoms with Crippen molar-refractivity contribution in [3.63, 3.8) is 0 Å². The van der Waals surface area contributed by atoms with Crippen LogP contribution in [0.2, 0.25) is 0 Å². The zero-order valence-electron chi connectivity index (χ0n) is 14.1. The number of hydrogen-bond donors (Lipinski definition) is 1. The highest BCUT2D eigenvalue weighted by molar-refractivity contribution is 6.18. The summed E-state index contributed by atoms with van der Waals surface area (Å²) in [4.78, 5) is 11.3. The smallest absolute Gasteiger partial charge is 0.366 e. The average molecular weight is 358 g/mol. The SMILES string of the molecule is C=C(C(N)=O)c1ccc2c(c1)c(C)cn2Cc1cccc(C(F)(F)F)c1. The first kappa shape index (κ1) is 17.8. The van der Waals surface area contributed by atoms with Crippen molar-refractivity contribution in [2.24, 2.45) is 5.73 Å². The molecule has 0 saturated heterocycles. The fraction of sp³-hybridized carbons (Fsp3) is 0.150. The molecule has 0 saturated carbocycles. The van der Waals surface area contributed by atoms with Crippen LogP contribution in [0.5, 0.6) is 0 Å². The lowest BCUT2D eigenvalue weighted by Gasteiger charge is -2.10. The van der Waals surface area contributed by atoms with Crippen molar-refractivity contribution in [3.8, 4) is 0 Å². The van der Waals surface area contributed by atoms with E-state index in [9.17, 15) is 18.0 Å². The zero-order chi connectivity index (χ0) is 19.1. The molecule has 2 N–H and O–H groups in total. The molecule has 0 aliphatic rings. The zero-order valence-corrected chi connectivity index (χ0v) is 14.1. The maximum absolute atomic E-state index is 12.9. The molecule has 1 amide bonds. The second-order valence-corrected chi connectivity index (χ2v) is 6.21. The van der Waals surface area contributed by atoms with Crippen molar-refractivity contribution in [1.29, 1.82) is 0 Å². The number of halogens is 3. The van der Waals surface area contributed by atoms with Crippen molar-refractivity contribution in [1.82, 2.24) is 4.57 Å². The monoisotopic (exact) mass is 358 g/mol. The van der Waals surface area contributed by atoms with Crippen LogP contribution >= 0.6 is 0 Å². The number of aromatic nitrogens is 1. The summed E-state index contributed by atoms with van der Waals surface area (Å²) < 4.78 is 40.6. The van der Waals surface area contributed by atoms with Crippen molar-refractivity contribution in [2.45, 2.75) is 19.6 Å². The van der Waals surface area contributed by atoms with Gasteiger partial charge in [-0.15, -0.1) is 0 Å². The van der Waals surface area contributed by atoms with E-state index in [0.29, 0.717) is 17.7 Å². The van der Waals surface area contributed by atoms with Gasteiger partial charge in [-0.1, -0.05) is 24.8 Å². The van der Waals surface area contributed by atoms with Crippen LogP contribution in [-0.4, -0.2) is 10.5 Å².